The maximum Gasteiger partial charge on any atom is 0.163 e. The SMILES string of the molecule is C=CCC1CC(/C=C/c2c(C3CC3)nc3c(C)csc3c2-c2ccc(F)cc2)OC(C)(C)O1. The fraction of sp³-hybridized carbons (Fsp3) is 0.393. The third-order valence-corrected chi connectivity index (χ3v) is 7.44. The molecule has 1 aliphatic carbocycles. The number of benzene rings is 1. The van der Waals surface area contributed by atoms with Gasteiger partial charge in [-0.2, -0.15) is 0 Å². The molecule has 2 fully saturated rings. The molecule has 33 heavy (non-hydrogen) atoms. The average Bonchev–Trinajstić information content (AvgIpc) is 3.54. The smallest absolute Gasteiger partial charge is 0.163 e. The number of fused-ring (bicyclic) bond motifs is 1. The summed E-state index contributed by atoms with van der Waals surface area (Å²) in [5.74, 6) is -0.391. The van der Waals surface area contributed by atoms with Crippen molar-refractivity contribution in [3.8, 4) is 11.1 Å². The zero-order valence-corrected chi connectivity index (χ0v) is 20.3. The Morgan fingerprint density at radius 1 is 1.21 bits per heavy atom. The number of rotatable bonds is 6. The van der Waals surface area contributed by atoms with Crippen LogP contribution >= 0.6 is 11.3 Å². The molecule has 2 aliphatic rings. The van der Waals surface area contributed by atoms with Crippen molar-refractivity contribution in [3.05, 3.63) is 71.0 Å². The van der Waals surface area contributed by atoms with E-state index >= 15 is 0 Å². The van der Waals surface area contributed by atoms with Gasteiger partial charge >= 0.3 is 0 Å². The van der Waals surface area contributed by atoms with E-state index in [-0.39, 0.29) is 18.0 Å². The Balaban J connectivity index is 1.62. The first-order valence-corrected chi connectivity index (χ1v) is 12.5. The molecule has 1 aromatic carbocycles. The molecule has 0 amide bonds. The summed E-state index contributed by atoms with van der Waals surface area (Å²) >= 11 is 1.71. The summed E-state index contributed by atoms with van der Waals surface area (Å²) in [7, 11) is 0. The van der Waals surface area contributed by atoms with E-state index in [0.29, 0.717) is 5.92 Å². The van der Waals surface area contributed by atoms with E-state index in [1.807, 2.05) is 32.1 Å². The Kier molecular flexibility index (Phi) is 5.98. The summed E-state index contributed by atoms with van der Waals surface area (Å²) < 4.78 is 27.2. The first-order chi connectivity index (χ1) is 15.8. The van der Waals surface area contributed by atoms with Crippen LogP contribution in [0.25, 0.3) is 27.4 Å². The first kappa shape index (κ1) is 22.5. The van der Waals surface area contributed by atoms with Gasteiger partial charge < -0.3 is 9.47 Å². The van der Waals surface area contributed by atoms with Crippen LogP contribution in [0.5, 0.6) is 0 Å². The van der Waals surface area contributed by atoms with Crippen LogP contribution < -0.4 is 0 Å². The lowest BCUT2D eigenvalue weighted by molar-refractivity contribution is -0.289. The number of nitrogens with zero attached hydrogens (tertiary/aromatic N) is 1. The van der Waals surface area contributed by atoms with Gasteiger partial charge in [-0.05, 0) is 68.7 Å². The highest BCUT2D eigenvalue weighted by molar-refractivity contribution is 7.18. The lowest BCUT2D eigenvalue weighted by atomic mass is 9.94. The van der Waals surface area contributed by atoms with Gasteiger partial charge in [-0.25, -0.2) is 4.39 Å². The standard InChI is InChI=1S/C28H30FNO2S/c1-5-6-21-15-22(32-28(3,4)31-21)13-14-23-24(18-9-11-20(29)12-10-18)27-25(17(2)16-33-27)30-26(23)19-7-8-19/h5,9-14,16,19,21-22H,1,6-8,15H2,2-4H3/b14-13+. The molecule has 0 bridgehead atoms. The second-order valence-corrected chi connectivity index (χ2v) is 10.5. The van der Waals surface area contributed by atoms with Gasteiger partial charge in [-0.3, -0.25) is 4.98 Å². The van der Waals surface area contributed by atoms with Crippen molar-refractivity contribution in [2.24, 2.45) is 0 Å². The van der Waals surface area contributed by atoms with Gasteiger partial charge in [-0.1, -0.05) is 30.4 Å². The minimum Gasteiger partial charge on any atom is -0.347 e. The summed E-state index contributed by atoms with van der Waals surface area (Å²) in [5, 5.41) is 2.17. The summed E-state index contributed by atoms with van der Waals surface area (Å²) in [6.45, 7) is 9.91. The number of aromatic nitrogens is 1. The highest BCUT2D eigenvalue weighted by Crippen LogP contribution is 2.47. The molecule has 2 atom stereocenters. The molecule has 5 heteroatoms. The fourth-order valence-electron chi connectivity index (χ4n) is 4.73. The number of pyridine rings is 1. The summed E-state index contributed by atoms with van der Waals surface area (Å²) in [6, 6.07) is 6.83. The van der Waals surface area contributed by atoms with Crippen LogP contribution in [-0.2, 0) is 9.47 Å². The maximum absolute atomic E-state index is 13.7. The van der Waals surface area contributed by atoms with Crippen LogP contribution in [0.2, 0.25) is 0 Å². The predicted molar refractivity (Wildman–Crippen MR) is 134 cm³/mol. The molecule has 172 valence electrons. The van der Waals surface area contributed by atoms with E-state index < -0.39 is 5.79 Å². The van der Waals surface area contributed by atoms with Crippen molar-refractivity contribution in [3.63, 3.8) is 0 Å². The number of thiophene rings is 1. The van der Waals surface area contributed by atoms with E-state index in [2.05, 4.69) is 31.0 Å². The molecule has 3 aromatic rings. The Bertz CT molecular complexity index is 1210. The number of halogens is 1. The van der Waals surface area contributed by atoms with Gasteiger partial charge in [0.1, 0.15) is 5.82 Å². The van der Waals surface area contributed by atoms with Gasteiger partial charge in [0.05, 0.1) is 28.1 Å². The summed E-state index contributed by atoms with van der Waals surface area (Å²) in [6.07, 6.45) is 10.2. The molecule has 1 saturated heterocycles. The van der Waals surface area contributed by atoms with Crippen molar-refractivity contribution in [1.82, 2.24) is 4.98 Å². The zero-order chi connectivity index (χ0) is 23.2. The van der Waals surface area contributed by atoms with Gasteiger partial charge in [-0.15, -0.1) is 17.9 Å². The van der Waals surface area contributed by atoms with Crippen LogP contribution in [-0.4, -0.2) is 23.0 Å². The average molecular weight is 464 g/mol. The Morgan fingerprint density at radius 2 is 1.97 bits per heavy atom. The second-order valence-electron chi connectivity index (χ2n) is 9.58. The van der Waals surface area contributed by atoms with E-state index in [4.69, 9.17) is 14.5 Å². The molecule has 2 aromatic heterocycles. The van der Waals surface area contributed by atoms with E-state index in [1.54, 1.807) is 11.3 Å². The number of hydrogen-bond donors (Lipinski definition) is 0. The minimum atomic E-state index is -0.646. The Labute approximate surface area is 199 Å². The Morgan fingerprint density at radius 3 is 2.67 bits per heavy atom. The summed E-state index contributed by atoms with van der Waals surface area (Å²) in [4.78, 5) is 5.14. The molecule has 3 nitrogen and oxygen atoms in total. The monoisotopic (exact) mass is 463 g/mol. The van der Waals surface area contributed by atoms with E-state index in [1.165, 1.54) is 17.7 Å². The molecule has 1 aliphatic heterocycles. The molecule has 3 heterocycles. The maximum atomic E-state index is 13.7. The molecule has 2 unspecified atom stereocenters. The molecule has 1 saturated carbocycles. The topological polar surface area (TPSA) is 31.4 Å². The quantitative estimate of drug-likeness (QED) is 0.350. The van der Waals surface area contributed by atoms with Crippen LogP contribution in [0.15, 0.2) is 48.4 Å². The van der Waals surface area contributed by atoms with Crippen molar-refractivity contribution >= 4 is 27.6 Å². The van der Waals surface area contributed by atoms with Gasteiger partial charge in [0, 0.05) is 23.5 Å². The van der Waals surface area contributed by atoms with Gasteiger partial charge in [0.2, 0.25) is 0 Å². The highest BCUT2D eigenvalue weighted by Gasteiger charge is 2.34. The first-order valence-electron chi connectivity index (χ1n) is 11.7. The molecular formula is C28H30FNO2S. The van der Waals surface area contributed by atoms with Crippen molar-refractivity contribution in [1.29, 1.82) is 0 Å². The van der Waals surface area contributed by atoms with Gasteiger partial charge in [0.15, 0.2) is 5.79 Å². The van der Waals surface area contributed by atoms with Crippen LogP contribution in [0.4, 0.5) is 4.39 Å². The lowest BCUT2D eigenvalue weighted by Crippen LogP contribution is -2.43. The third-order valence-electron chi connectivity index (χ3n) is 6.33. The number of ether oxygens (including phenoxy) is 2. The molecule has 0 N–H and O–H groups in total. The number of aryl methyl sites for hydroxylation is 1. The zero-order valence-electron chi connectivity index (χ0n) is 19.4. The normalized spacial score (nSPS) is 22.8. The molecular weight excluding hydrogens is 433 g/mol. The fourth-order valence-corrected chi connectivity index (χ4v) is 5.80. The third kappa shape index (κ3) is 4.68. The van der Waals surface area contributed by atoms with Gasteiger partial charge in [0.25, 0.3) is 0 Å². The lowest BCUT2D eigenvalue weighted by Gasteiger charge is -2.39. The summed E-state index contributed by atoms with van der Waals surface area (Å²) in [5.41, 5.74) is 6.70. The molecule has 5 rings (SSSR count). The predicted octanol–water partition coefficient (Wildman–Crippen LogP) is 7.79. The van der Waals surface area contributed by atoms with Crippen LogP contribution in [0.3, 0.4) is 0 Å². The van der Waals surface area contributed by atoms with Crippen molar-refractivity contribution < 1.29 is 13.9 Å². The Hall–Kier alpha value is -2.34. The number of hydrogen-bond acceptors (Lipinski definition) is 4. The minimum absolute atomic E-state index is 0.0624. The largest absolute Gasteiger partial charge is 0.347 e. The second kappa shape index (κ2) is 8.79. The van der Waals surface area contributed by atoms with E-state index in [0.717, 1.165) is 58.3 Å². The van der Waals surface area contributed by atoms with Crippen LogP contribution in [0, 0.1) is 12.7 Å². The van der Waals surface area contributed by atoms with Crippen molar-refractivity contribution in [2.45, 2.75) is 70.4 Å². The van der Waals surface area contributed by atoms with Crippen LogP contribution in [0.1, 0.15) is 62.3 Å². The van der Waals surface area contributed by atoms with E-state index in [9.17, 15) is 4.39 Å². The highest BCUT2D eigenvalue weighted by atomic mass is 32.1. The van der Waals surface area contributed by atoms with Crippen molar-refractivity contribution in [2.75, 3.05) is 0 Å². The molecule has 0 spiro atoms. The molecule has 0 radical (unpaired) electrons.